The number of allylic oxidation sites excluding steroid dienone is 2. The smallest absolute Gasteiger partial charge is 0.303 e. The van der Waals surface area contributed by atoms with Gasteiger partial charge in [0.15, 0.2) is 0 Å². The minimum Gasteiger partial charge on any atom is -0.481 e. The second-order valence-corrected chi connectivity index (χ2v) is 1.81. The molecule has 0 aliphatic rings. The average Bonchev–Trinajstić information content (AvgIpc) is 1.80. The maximum absolute atomic E-state index is 9.93. The molecule has 0 aliphatic carbocycles. The Hall–Kier alpha value is -0.500. The van der Waals surface area contributed by atoms with Crippen molar-refractivity contribution in [2.75, 3.05) is 0 Å². The quantitative estimate of drug-likeness (QED) is 0.648. The number of rotatable bonds is 4. The molecule has 2 nitrogen and oxygen atoms in total. The summed E-state index contributed by atoms with van der Waals surface area (Å²) in [6.07, 6.45) is 5.76. The zero-order valence-electron chi connectivity index (χ0n) is 6.04. The summed E-state index contributed by atoms with van der Waals surface area (Å²) in [4.78, 5) is 9.93. The SMILES string of the molecule is CC/C=C/CCC(=O)O.Cl. The van der Waals surface area contributed by atoms with E-state index < -0.39 is 5.97 Å². The minimum atomic E-state index is -0.726. The predicted molar refractivity (Wildman–Crippen MR) is 43.5 cm³/mol. The van der Waals surface area contributed by atoms with Gasteiger partial charge in [-0.1, -0.05) is 19.1 Å². The molecule has 60 valence electrons. The molecule has 0 bridgehead atoms. The minimum absolute atomic E-state index is 0. The molecule has 1 N–H and O–H groups in total. The Kier molecular flexibility index (Phi) is 10.4. The van der Waals surface area contributed by atoms with E-state index in [0.717, 1.165) is 6.42 Å². The van der Waals surface area contributed by atoms with E-state index in [1.807, 2.05) is 19.1 Å². The van der Waals surface area contributed by atoms with Crippen LogP contribution in [0, 0.1) is 0 Å². The van der Waals surface area contributed by atoms with E-state index in [2.05, 4.69) is 0 Å². The van der Waals surface area contributed by atoms with Crippen molar-refractivity contribution in [2.45, 2.75) is 26.2 Å². The van der Waals surface area contributed by atoms with E-state index >= 15 is 0 Å². The molecule has 0 aromatic heterocycles. The summed E-state index contributed by atoms with van der Waals surface area (Å²) in [5.41, 5.74) is 0. The van der Waals surface area contributed by atoms with Crippen molar-refractivity contribution in [3.8, 4) is 0 Å². The first-order valence-electron chi connectivity index (χ1n) is 3.14. The zero-order chi connectivity index (χ0) is 7.11. The van der Waals surface area contributed by atoms with E-state index in [4.69, 9.17) is 5.11 Å². The Morgan fingerprint density at radius 3 is 2.50 bits per heavy atom. The third kappa shape index (κ3) is 10.5. The van der Waals surface area contributed by atoms with Gasteiger partial charge >= 0.3 is 5.97 Å². The van der Waals surface area contributed by atoms with E-state index in [-0.39, 0.29) is 18.8 Å². The summed E-state index contributed by atoms with van der Waals surface area (Å²) in [5.74, 6) is -0.726. The summed E-state index contributed by atoms with van der Waals surface area (Å²) in [7, 11) is 0. The molecule has 0 fully saturated rings. The Bertz CT molecular complexity index is 110. The van der Waals surface area contributed by atoms with Crippen molar-refractivity contribution in [1.82, 2.24) is 0 Å². The van der Waals surface area contributed by atoms with Crippen LogP contribution in [0.5, 0.6) is 0 Å². The van der Waals surface area contributed by atoms with E-state index in [0.29, 0.717) is 6.42 Å². The van der Waals surface area contributed by atoms with Gasteiger partial charge in [-0.2, -0.15) is 0 Å². The van der Waals surface area contributed by atoms with Crippen LogP contribution in [0.25, 0.3) is 0 Å². The van der Waals surface area contributed by atoms with Crippen LogP contribution in [-0.2, 0) is 4.79 Å². The fraction of sp³-hybridized carbons (Fsp3) is 0.571. The first-order valence-corrected chi connectivity index (χ1v) is 3.14. The molecule has 0 spiro atoms. The fourth-order valence-electron chi connectivity index (χ4n) is 0.491. The number of carboxylic acid groups (broad SMARTS) is 1. The van der Waals surface area contributed by atoms with Crippen LogP contribution in [-0.4, -0.2) is 11.1 Å². The van der Waals surface area contributed by atoms with Crippen molar-refractivity contribution in [2.24, 2.45) is 0 Å². The van der Waals surface area contributed by atoms with Crippen LogP contribution in [0.3, 0.4) is 0 Å². The lowest BCUT2D eigenvalue weighted by molar-refractivity contribution is -0.136. The molecule has 0 rings (SSSR count). The summed E-state index contributed by atoms with van der Waals surface area (Å²) in [5, 5.41) is 8.18. The highest BCUT2D eigenvalue weighted by Gasteiger charge is 1.90. The molecule has 0 amide bonds. The third-order valence-corrected chi connectivity index (χ3v) is 0.927. The van der Waals surface area contributed by atoms with Crippen molar-refractivity contribution >= 4 is 18.4 Å². The molecule has 0 radical (unpaired) electrons. The van der Waals surface area contributed by atoms with Gasteiger partial charge in [0.1, 0.15) is 0 Å². The van der Waals surface area contributed by atoms with Crippen molar-refractivity contribution in [3.05, 3.63) is 12.2 Å². The molecule has 10 heavy (non-hydrogen) atoms. The van der Waals surface area contributed by atoms with Crippen molar-refractivity contribution in [3.63, 3.8) is 0 Å². The first kappa shape index (κ1) is 12.2. The van der Waals surface area contributed by atoms with Gasteiger partial charge in [0.25, 0.3) is 0 Å². The van der Waals surface area contributed by atoms with Crippen LogP contribution < -0.4 is 0 Å². The van der Waals surface area contributed by atoms with Crippen LogP contribution >= 0.6 is 12.4 Å². The van der Waals surface area contributed by atoms with Gasteiger partial charge in [-0.25, -0.2) is 0 Å². The normalized spacial score (nSPS) is 9.30. The molecule has 0 saturated heterocycles. The van der Waals surface area contributed by atoms with Gasteiger partial charge in [0, 0.05) is 6.42 Å². The van der Waals surface area contributed by atoms with E-state index in [1.165, 1.54) is 0 Å². The van der Waals surface area contributed by atoms with Gasteiger partial charge in [0.2, 0.25) is 0 Å². The third-order valence-electron chi connectivity index (χ3n) is 0.927. The molecule has 0 aromatic carbocycles. The van der Waals surface area contributed by atoms with Gasteiger partial charge in [0.05, 0.1) is 0 Å². The summed E-state index contributed by atoms with van der Waals surface area (Å²) in [6.45, 7) is 2.03. The maximum Gasteiger partial charge on any atom is 0.303 e. The van der Waals surface area contributed by atoms with E-state index in [1.54, 1.807) is 0 Å². The number of carbonyl (C=O) groups is 1. The lowest BCUT2D eigenvalue weighted by Crippen LogP contribution is -1.91. The Labute approximate surface area is 67.3 Å². The molecule has 0 saturated carbocycles. The van der Waals surface area contributed by atoms with Crippen LogP contribution in [0.15, 0.2) is 12.2 Å². The molecule has 3 heteroatoms. The summed E-state index contributed by atoms with van der Waals surface area (Å²) < 4.78 is 0. The highest BCUT2D eigenvalue weighted by atomic mass is 35.5. The highest BCUT2D eigenvalue weighted by molar-refractivity contribution is 5.85. The topological polar surface area (TPSA) is 37.3 Å². The van der Waals surface area contributed by atoms with Crippen molar-refractivity contribution < 1.29 is 9.90 Å². The number of halogens is 1. The van der Waals surface area contributed by atoms with Gasteiger partial charge in [-0.05, 0) is 12.8 Å². The summed E-state index contributed by atoms with van der Waals surface area (Å²) in [6, 6.07) is 0. The Balaban J connectivity index is 0. The Morgan fingerprint density at radius 2 is 2.10 bits per heavy atom. The monoisotopic (exact) mass is 164 g/mol. The lowest BCUT2D eigenvalue weighted by atomic mass is 10.3. The average molecular weight is 165 g/mol. The lowest BCUT2D eigenvalue weighted by Gasteiger charge is -1.85. The maximum atomic E-state index is 9.93. The van der Waals surface area contributed by atoms with E-state index in [9.17, 15) is 4.79 Å². The molecule has 0 unspecified atom stereocenters. The molecule has 0 atom stereocenters. The number of hydrogen-bond donors (Lipinski definition) is 1. The molecular weight excluding hydrogens is 152 g/mol. The number of carboxylic acids is 1. The Morgan fingerprint density at radius 1 is 1.50 bits per heavy atom. The van der Waals surface area contributed by atoms with Gasteiger partial charge in [-0.15, -0.1) is 12.4 Å². The highest BCUT2D eigenvalue weighted by Crippen LogP contribution is 1.91. The first-order chi connectivity index (χ1) is 4.27. The van der Waals surface area contributed by atoms with Crippen LogP contribution in [0.1, 0.15) is 26.2 Å². The van der Waals surface area contributed by atoms with Gasteiger partial charge < -0.3 is 5.11 Å². The number of aliphatic carboxylic acids is 1. The molecule has 0 heterocycles. The largest absolute Gasteiger partial charge is 0.481 e. The number of hydrogen-bond acceptors (Lipinski definition) is 1. The second kappa shape index (κ2) is 8.50. The summed E-state index contributed by atoms with van der Waals surface area (Å²) >= 11 is 0. The molecule has 0 aromatic rings. The van der Waals surface area contributed by atoms with Crippen LogP contribution in [0.2, 0.25) is 0 Å². The van der Waals surface area contributed by atoms with Gasteiger partial charge in [-0.3, -0.25) is 4.79 Å². The second-order valence-electron chi connectivity index (χ2n) is 1.81. The predicted octanol–water partition coefficient (Wildman–Crippen LogP) is 2.24. The zero-order valence-corrected chi connectivity index (χ0v) is 6.86. The van der Waals surface area contributed by atoms with Crippen molar-refractivity contribution in [1.29, 1.82) is 0 Å². The standard InChI is InChI=1S/C7H12O2.ClH/c1-2-3-4-5-6-7(8)9;/h3-4H,2,5-6H2,1H3,(H,8,9);1H/b4-3+;. The fourth-order valence-corrected chi connectivity index (χ4v) is 0.491. The van der Waals surface area contributed by atoms with Crippen LogP contribution in [0.4, 0.5) is 0 Å². The molecule has 0 aliphatic heterocycles. The molecular formula is C7H13ClO2.